The molecule has 1 N–H and O–H groups in total. The number of esters is 1. The third-order valence-corrected chi connectivity index (χ3v) is 4.29. The van der Waals surface area contributed by atoms with Crippen molar-refractivity contribution in [1.29, 1.82) is 0 Å². The van der Waals surface area contributed by atoms with Crippen molar-refractivity contribution in [3.05, 3.63) is 36.0 Å². The Morgan fingerprint density at radius 2 is 1.74 bits per heavy atom. The fourth-order valence-electron chi connectivity index (χ4n) is 2.98. The third kappa shape index (κ3) is 3.92. The number of carbonyl (C=O) groups excluding carboxylic acids is 2. The molecule has 1 aliphatic rings. The Morgan fingerprint density at radius 1 is 1.04 bits per heavy atom. The molecule has 5 nitrogen and oxygen atoms in total. The number of ether oxygens (including phenoxy) is 1. The van der Waals surface area contributed by atoms with Crippen LogP contribution in [0.2, 0.25) is 0 Å². The normalized spacial score (nSPS) is 15.9. The minimum absolute atomic E-state index is 0.101. The number of nitrogens with one attached hydrogen (secondary N) is 1. The Hall–Kier alpha value is -2.30. The maximum absolute atomic E-state index is 12.2. The van der Waals surface area contributed by atoms with Crippen molar-refractivity contribution in [2.24, 2.45) is 0 Å². The number of amides is 1. The van der Waals surface area contributed by atoms with Gasteiger partial charge in [0.1, 0.15) is 5.69 Å². The predicted molar refractivity (Wildman–Crippen MR) is 88.2 cm³/mol. The number of para-hydroxylation sites is 1. The van der Waals surface area contributed by atoms with Gasteiger partial charge in [-0.1, -0.05) is 37.5 Å². The lowest BCUT2D eigenvalue weighted by molar-refractivity contribution is -0.134. The standard InChI is InChI=1S/C18H22N2O3/c21-17(20-10-6-2-1-3-7-11-20)13-23-18(22)16-12-14-8-4-5-9-15(14)19-16/h4-5,8-9,12,19H,1-3,6-7,10-11,13H2. The van der Waals surface area contributed by atoms with E-state index in [0.29, 0.717) is 5.69 Å². The molecule has 0 radical (unpaired) electrons. The lowest BCUT2D eigenvalue weighted by Crippen LogP contribution is -2.36. The van der Waals surface area contributed by atoms with E-state index < -0.39 is 5.97 Å². The molecule has 23 heavy (non-hydrogen) atoms. The molecular weight excluding hydrogens is 292 g/mol. The number of H-pyrrole nitrogens is 1. The quantitative estimate of drug-likeness (QED) is 0.885. The van der Waals surface area contributed by atoms with Crippen LogP contribution >= 0.6 is 0 Å². The Labute approximate surface area is 135 Å². The molecule has 1 fully saturated rings. The van der Waals surface area contributed by atoms with Crippen molar-refractivity contribution >= 4 is 22.8 Å². The first-order valence-corrected chi connectivity index (χ1v) is 8.27. The second kappa shape index (κ2) is 7.31. The highest BCUT2D eigenvalue weighted by Crippen LogP contribution is 2.15. The molecule has 0 atom stereocenters. The van der Waals surface area contributed by atoms with Crippen LogP contribution in [0.3, 0.4) is 0 Å². The highest BCUT2D eigenvalue weighted by Gasteiger charge is 2.18. The van der Waals surface area contributed by atoms with E-state index in [1.165, 1.54) is 19.3 Å². The Morgan fingerprint density at radius 3 is 2.48 bits per heavy atom. The van der Waals surface area contributed by atoms with Gasteiger partial charge in [-0.25, -0.2) is 4.79 Å². The molecule has 1 saturated heterocycles. The largest absolute Gasteiger partial charge is 0.451 e. The van der Waals surface area contributed by atoms with Crippen LogP contribution in [0.4, 0.5) is 0 Å². The van der Waals surface area contributed by atoms with Gasteiger partial charge in [0.25, 0.3) is 5.91 Å². The molecule has 2 heterocycles. The van der Waals surface area contributed by atoms with Crippen LogP contribution in [0.1, 0.15) is 42.6 Å². The molecule has 0 saturated carbocycles. The van der Waals surface area contributed by atoms with E-state index in [1.54, 1.807) is 6.07 Å². The SMILES string of the molecule is O=C(OCC(=O)N1CCCCCCC1)c1cc2ccccc2[nH]1. The Bertz CT molecular complexity index is 651. The highest BCUT2D eigenvalue weighted by atomic mass is 16.5. The van der Waals surface area contributed by atoms with E-state index in [4.69, 9.17) is 4.74 Å². The second-order valence-electron chi connectivity index (χ2n) is 5.99. The van der Waals surface area contributed by atoms with E-state index in [2.05, 4.69) is 4.98 Å². The summed E-state index contributed by atoms with van der Waals surface area (Å²) >= 11 is 0. The average Bonchev–Trinajstić information content (AvgIpc) is 2.96. The summed E-state index contributed by atoms with van der Waals surface area (Å²) in [6, 6.07) is 9.39. The molecule has 0 aliphatic carbocycles. The molecule has 0 spiro atoms. The maximum Gasteiger partial charge on any atom is 0.355 e. The number of aromatic amines is 1. The van der Waals surface area contributed by atoms with Gasteiger partial charge in [-0.2, -0.15) is 0 Å². The fourth-order valence-corrected chi connectivity index (χ4v) is 2.98. The van der Waals surface area contributed by atoms with Crippen LogP contribution in [-0.4, -0.2) is 41.5 Å². The number of benzene rings is 1. The summed E-state index contributed by atoms with van der Waals surface area (Å²) in [5.74, 6) is -0.585. The van der Waals surface area contributed by atoms with Gasteiger partial charge < -0.3 is 14.6 Å². The molecule has 1 aliphatic heterocycles. The smallest absolute Gasteiger partial charge is 0.355 e. The van der Waals surface area contributed by atoms with Crippen molar-refractivity contribution < 1.29 is 14.3 Å². The monoisotopic (exact) mass is 314 g/mol. The summed E-state index contributed by atoms with van der Waals surface area (Å²) in [5, 5.41) is 0.953. The zero-order chi connectivity index (χ0) is 16.1. The summed E-state index contributed by atoms with van der Waals surface area (Å²) < 4.78 is 5.18. The number of fused-ring (bicyclic) bond motifs is 1. The maximum atomic E-state index is 12.2. The van der Waals surface area contributed by atoms with Crippen LogP contribution in [-0.2, 0) is 9.53 Å². The van der Waals surface area contributed by atoms with Gasteiger partial charge in [0.15, 0.2) is 6.61 Å². The van der Waals surface area contributed by atoms with E-state index in [0.717, 1.165) is 36.8 Å². The van der Waals surface area contributed by atoms with Crippen molar-refractivity contribution in [3.8, 4) is 0 Å². The number of hydrogen-bond donors (Lipinski definition) is 1. The number of likely N-dealkylation sites (tertiary alicyclic amines) is 1. The summed E-state index contributed by atoms with van der Waals surface area (Å²) in [7, 11) is 0. The molecule has 0 bridgehead atoms. The van der Waals surface area contributed by atoms with Crippen LogP contribution in [0.5, 0.6) is 0 Å². The number of aromatic nitrogens is 1. The molecule has 1 amide bonds. The van der Waals surface area contributed by atoms with Crippen LogP contribution < -0.4 is 0 Å². The van der Waals surface area contributed by atoms with E-state index in [1.807, 2.05) is 29.2 Å². The molecule has 5 heteroatoms. The minimum Gasteiger partial charge on any atom is -0.451 e. The Balaban J connectivity index is 1.56. The lowest BCUT2D eigenvalue weighted by atomic mass is 10.1. The zero-order valence-corrected chi connectivity index (χ0v) is 13.2. The zero-order valence-electron chi connectivity index (χ0n) is 13.2. The lowest BCUT2D eigenvalue weighted by Gasteiger charge is -2.24. The predicted octanol–water partition coefficient (Wildman–Crippen LogP) is 3.12. The van der Waals surface area contributed by atoms with Gasteiger partial charge in [-0.05, 0) is 25.0 Å². The summed E-state index contributed by atoms with van der Waals surface area (Å²) in [6.07, 6.45) is 5.64. The number of nitrogens with zero attached hydrogens (tertiary/aromatic N) is 1. The van der Waals surface area contributed by atoms with Crippen LogP contribution in [0.15, 0.2) is 30.3 Å². The van der Waals surface area contributed by atoms with Crippen LogP contribution in [0.25, 0.3) is 10.9 Å². The molecule has 122 valence electrons. The summed E-state index contributed by atoms with van der Waals surface area (Å²) in [6.45, 7) is 1.35. The topological polar surface area (TPSA) is 62.4 Å². The van der Waals surface area contributed by atoms with Gasteiger partial charge in [-0.15, -0.1) is 0 Å². The van der Waals surface area contributed by atoms with Crippen molar-refractivity contribution in [3.63, 3.8) is 0 Å². The minimum atomic E-state index is -0.485. The number of rotatable bonds is 3. The summed E-state index contributed by atoms with van der Waals surface area (Å²) in [5.41, 5.74) is 1.27. The number of hydrogen-bond acceptors (Lipinski definition) is 3. The van der Waals surface area contributed by atoms with Crippen molar-refractivity contribution in [2.75, 3.05) is 19.7 Å². The van der Waals surface area contributed by atoms with E-state index in [-0.39, 0.29) is 12.5 Å². The molecule has 1 aromatic carbocycles. The van der Waals surface area contributed by atoms with Gasteiger partial charge >= 0.3 is 5.97 Å². The molecule has 3 rings (SSSR count). The summed E-state index contributed by atoms with van der Waals surface area (Å²) in [4.78, 5) is 29.1. The van der Waals surface area contributed by atoms with Crippen molar-refractivity contribution in [1.82, 2.24) is 9.88 Å². The molecule has 1 aromatic heterocycles. The molecule has 0 unspecified atom stereocenters. The molecular formula is C18H22N2O3. The van der Waals surface area contributed by atoms with Gasteiger partial charge in [0.05, 0.1) is 0 Å². The Kier molecular flexibility index (Phi) is 4.95. The highest BCUT2D eigenvalue weighted by molar-refractivity contribution is 5.95. The molecule has 2 aromatic rings. The van der Waals surface area contributed by atoms with Crippen molar-refractivity contribution in [2.45, 2.75) is 32.1 Å². The fraction of sp³-hybridized carbons (Fsp3) is 0.444. The average molecular weight is 314 g/mol. The van der Waals surface area contributed by atoms with Crippen LogP contribution in [0, 0.1) is 0 Å². The second-order valence-corrected chi connectivity index (χ2v) is 5.99. The van der Waals surface area contributed by atoms with E-state index >= 15 is 0 Å². The number of carbonyl (C=O) groups is 2. The van der Waals surface area contributed by atoms with Gasteiger partial charge in [-0.3, -0.25) is 4.79 Å². The van der Waals surface area contributed by atoms with E-state index in [9.17, 15) is 9.59 Å². The first kappa shape index (κ1) is 15.6. The third-order valence-electron chi connectivity index (χ3n) is 4.29. The first-order chi connectivity index (χ1) is 11.2. The first-order valence-electron chi connectivity index (χ1n) is 8.27. The van der Waals surface area contributed by atoms with Gasteiger partial charge in [0, 0.05) is 24.0 Å². The van der Waals surface area contributed by atoms with Gasteiger partial charge in [0.2, 0.25) is 0 Å².